The van der Waals surface area contributed by atoms with Crippen molar-refractivity contribution in [1.82, 2.24) is 5.32 Å². The van der Waals surface area contributed by atoms with Crippen molar-refractivity contribution >= 4 is 0 Å². The van der Waals surface area contributed by atoms with Gasteiger partial charge in [0.05, 0.1) is 0 Å². The Bertz CT molecular complexity index is 451. The summed E-state index contributed by atoms with van der Waals surface area (Å²) in [6, 6.07) is 4.00. The number of nitrogens with one attached hydrogen (secondary N) is 1. The van der Waals surface area contributed by atoms with E-state index in [1.54, 1.807) is 0 Å². The van der Waals surface area contributed by atoms with E-state index in [4.69, 9.17) is 0 Å². The standard InChI is InChI=1S/C16H21F2N/c1-2-5-19-11-16(9-15(10-16)3-4-15)12-6-13(17)8-14(18)7-12/h6-8,19H,2-5,9-11H2,1H3. The van der Waals surface area contributed by atoms with Crippen LogP contribution in [0.4, 0.5) is 8.78 Å². The first kappa shape index (κ1) is 13.0. The Morgan fingerprint density at radius 2 is 1.74 bits per heavy atom. The Kier molecular flexibility index (Phi) is 3.12. The van der Waals surface area contributed by atoms with E-state index >= 15 is 0 Å². The molecule has 0 radical (unpaired) electrons. The van der Waals surface area contributed by atoms with Gasteiger partial charge in [0.25, 0.3) is 0 Å². The second-order valence-electron chi connectivity index (χ2n) is 6.47. The Labute approximate surface area is 113 Å². The van der Waals surface area contributed by atoms with Gasteiger partial charge in [0.1, 0.15) is 11.6 Å². The van der Waals surface area contributed by atoms with Gasteiger partial charge in [-0.1, -0.05) is 6.92 Å². The molecule has 1 spiro atoms. The predicted molar refractivity (Wildman–Crippen MR) is 72.1 cm³/mol. The van der Waals surface area contributed by atoms with Crippen molar-refractivity contribution in [2.75, 3.05) is 13.1 Å². The van der Waals surface area contributed by atoms with Gasteiger partial charge in [-0.3, -0.25) is 0 Å². The number of benzene rings is 1. The average molecular weight is 265 g/mol. The van der Waals surface area contributed by atoms with Gasteiger partial charge in [0.15, 0.2) is 0 Å². The zero-order chi connectivity index (χ0) is 13.5. The van der Waals surface area contributed by atoms with E-state index < -0.39 is 11.6 Å². The summed E-state index contributed by atoms with van der Waals surface area (Å²) in [5, 5.41) is 3.44. The molecule has 0 aliphatic heterocycles. The van der Waals surface area contributed by atoms with E-state index in [1.165, 1.54) is 25.0 Å². The molecule has 0 aromatic heterocycles. The third-order valence-electron chi connectivity index (χ3n) is 4.75. The van der Waals surface area contributed by atoms with Crippen molar-refractivity contribution < 1.29 is 8.78 Å². The highest BCUT2D eigenvalue weighted by molar-refractivity contribution is 5.34. The van der Waals surface area contributed by atoms with Crippen molar-refractivity contribution in [3.63, 3.8) is 0 Å². The van der Waals surface area contributed by atoms with E-state index in [9.17, 15) is 8.78 Å². The Balaban J connectivity index is 1.82. The maximum Gasteiger partial charge on any atom is 0.126 e. The molecular weight excluding hydrogens is 244 g/mol. The van der Waals surface area contributed by atoms with Crippen molar-refractivity contribution in [3.05, 3.63) is 35.4 Å². The van der Waals surface area contributed by atoms with Gasteiger partial charge >= 0.3 is 0 Å². The van der Waals surface area contributed by atoms with Crippen LogP contribution in [0.3, 0.4) is 0 Å². The van der Waals surface area contributed by atoms with Gasteiger partial charge in [-0.05, 0) is 61.8 Å². The van der Waals surface area contributed by atoms with E-state index in [-0.39, 0.29) is 5.41 Å². The minimum absolute atomic E-state index is 0.0470. The summed E-state index contributed by atoms with van der Waals surface area (Å²) in [7, 11) is 0. The summed E-state index contributed by atoms with van der Waals surface area (Å²) in [5.74, 6) is -0.914. The minimum atomic E-state index is -0.457. The molecule has 2 aliphatic carbocycles. The van der Waals surface area contributed by atoms with Crippen molar-refractivity contribution in [2.45, 2.75) is 44.4 Å². The molecule has 1 aromatic carbocycles. The normalized spacial score (nSPS) is 22.3. The van der Waals surface area contributed by atoms with Gasteiger partial charge in [0.2, 0.25) is 0 Å². The van der Waals surface area contributed by atoms with Crippen LogP contribution in [0.1, 0.15) is 44.6 Å². The van der Waals surface area contributed by atoms with Gasteiger partial charge in [-0.2, -0.15) is 0 Å². The highest BCUT2D eigenvalue weighted by Crippen LogP contribution is 2.68. The fourth-order valence-electron chi connectivity index (χ4n) is 3.71. The Hall–Kier alpha value is -0.960. The zero-order valence-corrected chi connectivity index (χ0v) is 11.4. The summed E-state index contributed by atoms with van der Waals surface area (Å²) in [4.78, 5) is 0. The van der Waals surface area contributed by atoms with E-state index in [0.29, 0.717) is 5.41 Å². The molecular formula is C16H21F2N. The van der Waals surface area contributed by atoms with Crippen LogP contribution in [0.15, 0.2) is 18.2 Å². The fourth-order valence-corrected chi connectivity index (χ4v) is 3.71. The molecule has 0 bridgehead atoms. The first-order chi connectivity index (χ1) is 9.07. The van der Waals surface area contributed by atoms with Gasteiger partial charge < -0.3 is 5.32 Å². The van der Waals surface area contributed by atoms with Crippen molar-refractivity contribution in [3.8, 4) is 0 Å². The lowest BCUT2D eigenvalue weighted by atomic mass is 9.56. The predicted octanol–water partition coefficient (Wildman–Crippen LogP) is 3.78. The fraction of sp³-hybridized carbons (Fsp3) is 0.625. The topological polar surface area (TPSA) is 12.0 Å². The van der Waals surface area contributed by atoms with Crippen LogP contribution < -0.4 is 5.32 Å². The molecule has 19 heavy (non-hydrogen) atoms. The summed E-state index contributed by atoms with van der Waals surface area (Å²) < 4.78 is 26.9. The van der Waals surface area contributed by atoms with Crippen LogP contribution in [0.25, 0.3) is 0 Å². The number of rotatable bonds is 5. The lowest BCUT2D eigenvalue weighted by Crippen LogP contribution is -2.50. The molecule has 0 heterocycles. The summed E-state index contributed by atoms with van der Waals surface area (Å²) in [6.07, 6.45) is 5.83. The van der Waals surface area contributed by atoms with Crippen LogP contribution in [-0.2, 0) is 5.41 Å². The lowest BCUT2D eigenvalue weighted by Gasteiger charge is -2.49. The minimum Gasteiger partial charge on any atom is -0.316 e. The van der Waals surface area contributed by atoms with E-state index in [1.807, 2.05) is 0 Å². The maximum absolute atomic E-state index is 13.5. The second-order valence-corrected chi connectivity index (χ2v) is 6.47. The first-order valence-electron chi connectivity index (χ1n) is 7.25. The molecule has 1 nitrogen and oxygen atoms in total. The van der Waals surface area contributed by atoms with Crippen LogP contribution >= 0.6 is 0 Å². The van der Waals surface area contributed by atoms with Crippen LogP contribution in [-0.4, -0.2) is 13.1 Å². The first-order valence-corrected chi connectivity index (χ1v) is 7.25. The zero-order valence-electron chi connectivity index (χ0n) is 11.4. The van der Waals surface area contributed by atoms with E-state index in [0.717, 1.165) is 44.0 Å². The average Bonchev–Trinajstić information content (AvgIpc) is 3.07. The Morgan fingerprint density at radius 1 is 1.11 bits per heavy atom. The molecule has 1 aromatic rings. The largest absolute Gasteiger partial charge is 0.316 e. The molecule has 1 N–H and O–H groups in total. The highest BCUT2D eigenvalue weighted by atomic mass is 19.1. The molecule has 2 aliphatic rings. The van der Waals surface area contributed by atoms with Crippen LogP contribution in [0.2, 0.25) is 0 Å². The third-order valence-corrected chi connectivity index (χ3v) is 4.75. The second kappa shape index (κ2) is 4.55. The molecule has 0 amide bonds. The summed E-state index contributed by atoms with van der Waals surface area (Å²) in [6.45, 7) is 3.93. The third kappa shape index (κ3) is 2.40. The molecule has 3 heteroatoms. The quantitative estimate of drug-likeness (QED) is 0.799. The summed E-state index contributed by atoms with van der Waals surface area (Å²) >= 11 is 0. The molecule has 104 valence electrons. The van der Waals surface area contributed by atoms with E-state index in [2.05, 4.69) is 12.2 Å². The maximum atomic E-state index is 13.5. The van der Waals surface area contributed by atoms with Crippen molar-refractivity contribution in [2.24, 2.45) is 5.41 Å². The SMILES string of the molecule is CCCNCC1(c2cc(F)cc(F)c2)CC2(CC2)C1. The van der Waals surface area contributed by atoms with Crippen LogP contribution in [0, 0.1) is 17.0 Å². The molecule has 2 fully saturated rings. The lowest BCUT2D eigenvalue weighted by molar-refractivity contribution is 0.115. The number of hydrogen-bond donors (Lipinski definition) is 1. The summed E-state index contributed by atoms with van der Waals surface area (Å²) in [5.41, 5.74) is 1.30. The van der Waals surface area contributed by atoms with Crippen molar-refractivity contribution in [1.29, 1.82) is 0 Å². The van der Waals surface area contributed by atoms with Gasteiger partial charge in [-0.15, -0.1) is 0 Å². The molecule has 0 unspecified atom stereocenters. The monoisotopic (exact) mass is 265 g/mol. The molecule has 0 atom stereocenters. The van der Waals surface area contributed by atoms with Gasteiger partial charge in [-0.25, -0.2) is 8.78 Å². The molecule has 2 saturated carbocycles. The molecule has 3 rings (SSSR count). The number of halogens is 2. The van der Waals surface area contributed by atoms with Gasteiger partial charge in [0, 0.05) is 18.0 Å². The smallest absolute Gasteiger partial charge is 0.126 e. The molecule has 0 saturated heterocycles. The van der Waals surface area contributed by atoms with Crippen LogP contribution in [0.5, 0.6) is 0 Å². The Morgan fingerprint density at radius 3 is 2.26 bits per heavy atom. The number of hydrogen-bond acceptors (Lipinski definition) is 1. The highest BCUT2D eigenvalue weighted by Gasteiger charge is 2.61.